The van der Waals surface area contributed by atoms with Gasteiger partial charge in [0.2, 0.25) is 0 Å². The Hall–Kier alpha value is -2.74. The number of benzene rings is 3. The molecule has 3 aromatic rings. The van der Waals surface area contributed by atoms with Gasteiger partial charge >= 0.3 is 0 Å². The third kappa shape index (κ3) is 3.76. The summed E-state index contributed by atoms with van der Waals surface area (Å²) in [4.78, 5) is 5.34. The summed E-state index contributed by atoms with van der Waals surface area (Å²) in [5.74, 6) is 0.875. The van der Waals surface area contributed by atoms with Gasteiger partial charge in [0.1, 0.15) is 0 Å². The molecule has 0 unspecified atom stereocenters. The maximum atomic E-state index is 2.67. The van der Waals surface area contributed by atoms with E-state index in [1.807, 2.05) is 0 Å². The summed E-state index contributed by atoms with van der Waals surface area (Å²) >= 11 is 0. The maximum absolute atomic E-state index is 2.67. The van der Waals surface area contributed by atoms with Gasteiger partial charge in [-0.3, -0.25) is 0 Å². The van der Waals surface area contributed by atoms with Crippen LogP contribution in [0.3, 0.4) is 0 Å². The number of anilines is 2. The van der Waals surface area contributed by atoms with Crippen molar-refractivity contribution in [2.75, 3.05) is 36.0 Å². The lowest BCUT2D eigenvalue weighted by Crippen LogP contribution is -2.35. The summed E-state index contributed by atoms with van der Waals surface area (Å²) in [5.41, 5.74) is 15.5. The van der Waals surface area contributed by atoms with Crippen molar-refractivity contribution in [3.63, 3.8) is 0 Å². The minimum absolute atomic E-state index is 0.309. The highest BCUT2D eigenvalue weighted by atomic mass is 15.1. The number of hydrogen-bond acceptors (Lipinski definition) is 2. The van der Waals surface area contributed by atoms with Gasteiger partial charge in [-0.25, -0.2) is 0 Å². The second-order valence-corrected chi connectivity index (χ2v) is 12.0. The molecule has 0 spiro atoms. The van der Waals surface area contributed by atoms with Crippen LogP contribution in [0.1, 0.15) is 95.9 Å². The van der Waals surface area contributed by atoms with Gasteiger partial charge in [0.25, 0.3) is 0 Å². The van der Waals surface area contributed by atoms with Crippen LogP contribution in [0.15, 0.2) is 48.5 Å². The standard InChI is InChI=1S/C34H40N2/c1-23(2)24-11-13-25(14-12-24)32(30-19-26-7-3-15-35-16-4-8-27(20-30)33(26)35)31-21-28-9-5-17-36-18-6-10-29(22-31)34(28)36/h11-14,19-23,32H,3-10,15-18H2,1-2H3. The number of aryl methyl sites for hydroxylation is 4. The first-order chi connectivity index (χ1) is 17.7. The van der Waals surface area contributed by atoms with Crippen LogP contribution in [0.4, 0.5) is 11.4 Å². The highest BCUT2D eigenvalue weighted by Gasteiger charge is 2.29. The molecule has 0 bridgehead atoms. The lowest BCUT2D eigenvalue weighted by molar-refractivity contribution is 0.630. The molecule has 0 aromatic heterocycles. The molecule has 0 N–H and O–H groups in total. The minimum Gasteiger partial charge on any atom is -0.371 e. The monoisotopic (exact) mass is 476 g/mol. The van der Waals surface area contributed by atoms with Crippen molar-refractivity contribution in [2.24, 2.45) is 0 Å². The van der Waals surface area contributed by atoms with Crippen LogP contribution >= 0.6 is 0 Å². The summed E-state index contributed by atoms with van der Waals surface area (Å²) in [5, 5.41) is 0. The molecule has 0 amide bonds. The number of rotatable bonds is 4. The second kappa shape index (κ2) is 8.98. The van der Waals surface area contributed by atoms with Crippen molar-refractivity contribution in [2.45, 2.75) is 77.0 Å². The Balaban J connectivity index is 1.40. The Morgan fingerprint density at radius 3 is 1.22 bits per heavy atom. The second-order valence-electron chi connectivity index (χ2n) is 12.0. The Labute approximate surface area is 217 Å². The predicted molar refractivity (Wildman–Crippen MR) is 152 cm³/mol. The van der Waals surface area contributed by atoms with Crippen molar-refractivity contribution < 1.29 is 0 Å². The van der Waals surface area contributed by atoms with E-state index in [9.17, 15) is 0 Å². The Kier molecular flexibility index (Phi) is 5.60. The molecule has 0 saturated carbocycles. The van der Waals surface area contributed by atoms with Crippen LogP contribution in [-0.4, -0.2) is 26.2 Å². The van der Waals surface area contributed by atoms with Gasteiger partial charge in [-0.1, -0.05) is 62.4 Å². The average Bonchev–Trinajstić information content (AvgIpc) is 2.90. The van der Waals surface area contributed by atoms with Gasteiger partial charge in [-0.15, -0.1) is 0 Å². The van der Waals surface area contributed by atoms with Crippen LogP contribution < -0.4 is 9.80 Å². The lowest BCUT2D eigenvalue weighted by atomic mass is 9.78. The Bertz CT molecular complexity index is 1150. The molecular weight excluding hydrogens is 436 g/mol. The topological polar surface area (TPSA) is 6.48 Å². The fourth-order valence-corrected chi connectivity index (χ4v) is 7.64. The first-order valence-corrected chi connectivity index (χ1v) is 14.6. The molecule has 0 atom stereocenters. The molecule has 4 aliphatic heterocycles. The molecule has 2 nitrogen and oxygen atoms in total. The van der Waals surface area contributed by atoms with Crippen molar-refractivity contribution in [1.82, 2.24) is 0 Å². The lowest BCUT2D eigenvalue weighted by Gasteiger charge is -2.39. The van der Waals surface area contributed by atoms with E-state index in [1.165, 1.54) is 99.8 Å². The Morgan fingerprint density at radius 2 is 0.861 bits per heavy atom. The molecular formula is C34H40N2. The maximum Gasteiger partial charge on any atom is 0.0431 e. The summed E-state index contributed by atoms with van der Waals surface area (Å²) < 4.78 is 0. The van der Waals surface area contributed by atoms with E-state index in [0.717, 1.165) is 0 Å². The van der Waals surface area contributed by atoms with E-state index < -0.39 is 0 Å². The van der Waals surface area contributed by atoms with Crippen LogP contribution in [0.5, 0.6) is 0 Å². The molecule has 0 aliphatic carbocycles. The van der Waals surface area contributed by atoms with E-state index in [1.54, 1.807) is 33.6 Å². The molecule has 4 aliphatic rings. The number of hydrogen-bond donors (Lipinski definition) is 0. The highest BCUT2D eigenvalue weighted by Crippen LogP contribution is 2.44. The zero-order valence-corrected chi connectivity index (χ0v) is 22.2. The fraction of sp³-hybridized carbons (Fsp3) is 0.471. The molecule has 2 heteroatoms. The van der Waals surface area contributed by atoms with Gasteiger partial charge in [0.15, 0.2) is 0 Å². The molecule has 3 aromatic carbocycles. The number of nitrogens with zero attached hydrogens (tertiary/aromatic N) is 2. The summed E-state index contributed by atoms with van der Waals surface area (Å²) in [6.07, 6.45) is 10.1. The van der Waals surface area contributed by atoms with Crippen molar-refractivity contribution in [3.05, 3.63) is 93.0 Å². The van der Waals surface area contributed by atoms with Gasteiger partial charge < -0.3 is 9.80 Å². The molecule has 36 heavy (non-hydrogen) atoms. The van der Waals surface area contributed by atoms with Gasteiger partial charge in [-0.05, 0) is 102 Å². The first-order valence-electron chi connectivity index (χ1n) is 14.6. The van der Waals surface area contributed by atoms with E-state index in [0.29, 0.717) is 11.8 Å². The SMILES string of the molecule is CC(C)c1ccc(C(c2cc3c4c(c2)CCCN4CCC3)c2cc3c4c(c2)CCCN4CCC3)cc1. The largest absolute Gasteiger partial charge is 0.371 e. The molecule has 0 fully saturated rings. The van der Waals surface area contributed by atoms with Gasteiger partial charge in [-0.2, -0.15) is 0 Å². The van der Waals surface area contributed by atoms with E-state index in [-0.39, 0.29) is 0 Å². The van der Waals surface area contributed by atoms with E-state index in [4.69, 9.17) is 0 Å². The van der Waals surface area contributed by atoms with E-state index in [2.05, 4.69) is 72.2 Å². The van der Waals surface area contributed by atoms with Crippen LogP contribution in [0.25, 0.3) is 0 Å². The summed E-state index contributed by atoms with van der Waals surface area (Å²) in [6.45, 7) is 9.56. The van der Waals surface area contributed by atoms with Gasteiger partial charge in [0.05, 0.1) is 0 Å². The molecule has 186 valence electrons. The molecule has 4 heterocycles. The molecule has 0 radical (unpaired) electrons. The smallest absolute Gasteiger partial charge is 0.0431 e. The fourth-order valence-electron chi connectivity index (χ4n) is 7.64. The molecule has 0 saturated heterocycles. The third-order valence-corrected chi connectivity index (χ3v) is 9.31. The average molecular weight is 477 g/mol. The van der Waals surface area contributed by atoms with Crippen LogP contribution in [0, 0.1) is 0 Å². The third-order valence-electron chi connectivity index (χ3n) is 9.31. The zero-order chi connectivity index (χ0) is 24.2. The summed E-state index contributed by atoms with van der Waals surface area (Å²) in [7, 11) is 0. The van der Waals surface area contributed by atoms with Crippen molar-refractivity contribution in [1.29, 1.82) is 0 Å². The van der Waals surface area contributed by atoms with Crippen LogP contribution in [0.2, 0.25) is 0 Å². The summed E-state index contributed by atoms with van der Waals surface area (Å²) in [6, 6.07) is 20.0. The van der Waals surface area contributed by atoms with Crippen LogP contribution in [-0.2, 0) is 25.7 Å². The van der Waals surface area contributed by atoms with Gasteiger partial charge in [0, 0.05) is 43.5 Å². The normalized spacial score (nSPS) is 18.4. The zero-order valence-electron chi connectivity index (χ0n) is 22.2. The quantitative estimate of drug-likeness (QED) is 0.362. The minimum atomic E-state index is 0.309. The van der Waals surface area contributed by atoms with Crippen molar-refractivity contribution >= 4 is 11.4 Å². The van der Waals surface area contributed by atoms with E-state index >= 15 is 0 Å². The predicted octanol–water partition coefficient (Wildman–Crippen LogP) is 7.39. The first kappa shape index (κ1) is 22.5. The van der Waals surface area contributed by atoms with Crippen molar-refractivity contribution in [3.8, 4) is 0 Å². The molecule has 7 rings (SSSR count). The highest BCUT2D eigenvalue weighted by molar-refractivity contribution is 5.68. The Morgan fingerprint density at radius 1 is 0.500 bits per heavy atom.